The van der Waals surface area contributed by atoms with E-state index in [1.165, 1.54) is 13.3 Å². The number of hydrogen-bond donors (Lipinski definition) is 1. The largest absolute Gasteiger partial charge is 0.481 e. The Morgan fingerprint density at radius 1 is 1.23 bits per heavy atom. The first-order valence-corrected chi connectivity index (χ1v) is 11.4. The maximum atomic E-state index is 12.7. The van der Waals surface area contributed by atoms with Crippen LogP contribution in [-0.2, 0) is 9.84 Å². The minimum absolute atomic E-state index is 0.236. The highest BCUT2D eigenvalue weighted by Gasteiger charge is 2.22. The second-order valence-electron chi connectivity index (χ2n) is 6.93. The zero-order valence-electron chi connectivity index (χ0n) is 17.7. The summed E-state index contributed by atoms with van der Waals surface area (Å²) in [5.41, 5.74) is 8.03. The first-order valence-electron chi connectivity index (χ1n) is 9.42. The number of carbonyl (C=O) groups is 1. The second-order valence-corrected chi connectivity index (χ2v) is 9.10. The molecular formula is C20H24N6O4S. The van der Waals surface area contributed by atoms with Crippen molar-refractivity contribution in [3.05, 3.63) is 54.0 Å². The van der Waals surface area contributed by atoms with Gasteiger partial charge in [-0.05, 0) is 25.1 Å². The normalized spacial score (nSPS) is 12.4. The summed E-state index contributed by atoms with van der Waals surface area (Å²) in [6, 6.07) is 8.31. The van der Waals surface area contributed by atoms with Gasteiger partial charge in [-0.2, -0.15) is 5.10 Å². The molecule has 0 saturated heterocycles. The standard InChI is InChI=1S/C20H24N6O4S/c1-5-25(2)20(27)16-10-17(26(24-16)14-7-9-18(30-3)23-12-14)15-8-6-13(11-22-15)19(21)31(4,28)29/h6-12,19H,5,21H2,1-4H3. The van der Waals surface area contributed by atoms with Crippen molar-refractivity contribution in [2.45, 2.75) is 12.3 Å². The van der Waals surface area contributed by atoms with Gasteiger partial charge in [-0.1, -0.05) is 6.07 Å². The van der Waals surface area contributed by atoms with Crippen LogP contribution in [0.15, 0.2) is 42.7 Å². The Morgan fingerprint density at radius 2 is 1.97 bits per heavy atom. The highest BCUT2D eigenvalue weighted by atomic mass is 32.2. The van der Waals surface area contributed by atoms with Gasteiger partial charge in [0, 0.05) is 37.7 Å². The Balaban J connectivity index is 2.09. The summed E-state index contributed by atoms with van der Waals surface area (Å²) >= 11 is 0. The summed E-state index contributed by atoms with van der Waals surface area (Å²) in [5.74, 6) is 0.205. The van der Waals surface area contributed by atoms with Gasteiger partial charge in [-0.25, -0.2) is 18.1 Å². The predicted molar refractivity (Wildman–Crippen MR) is 116 cm³/mol. The number of methoxy groups -OCH3 is 1. The Bertz CT molecular complexity index is 1170. The molecule has 3 aromatic rings. The lowest BCUT2D eigenvalue weighted by molar-refractivity contribution is 0.0796. The van der Waals surface area contributed by atoms with Crippen molar-refractivity contribution in [1.82, 2.24) is 24.6 Å². The zero-order valence-corrected chi connectivity index (χ0v) is 18.5. The SMILES string of the molecule is CCN(C)C(=O)c1cc(-c2ccc(C(N)S(C)(=O)=O)cn2)n(-c2ccc(OC)nc2)n1. The van der Waals surface area contributed by atoms with Crippen molar-refractivity contribution in [1.29, 1.82) is 0 Å². The van der Waals surface area contributed by atoms with Gasteiger partial charge < -0.3 is 15.4 Å². The van der Waals surface area contributed by atoms with E-state index in [2.05, 4.69) is 15.1 Å². The maximum Gasteiger partial charge on any atom is 0.274 e. The molecular weight excluding hydrogens is 420 g/mol. The quantitative estimate of drug-likeness (QED) is 0.579. The van der Waals surface area contributed by atoms with Gasteiger partial charge in [0.2, 0.25) is 5.88 Å². The van der Waals surface area contributed by atoms with Gasteiger partial charge >= 0.3 is 0 Å². The van der Waals surface area contributed by atoms with Gasteiger partial charge in [-0.3, -0.25) is 9.78 Å². The number of rotatable bonds is 7. The van der Waals surface area contributed by atoms with Crippen LogP contribution in [0.5, 0.6) is 5.88 Å². The van der Waals surface area contributed by atoms with Crippen molar-refractivity contribution in [2.24, 2.45) is 5.73 Å². The molecule has 1 unspecified atom stereocenters. The molecule has 0 aliphatic carbocycles. The Labute approximate surface area is 180 Å². The van der Waals surface area contributed by atoms with Crippen molar-refractivity contribution < 1.29 is 17.9 Å². The van der Waals surface area contributed by atoms with Crippen molar-refractivity contribution >= 4 is 15.7 Å². The molecule has 10 nitrogen and oxygen atoms in total. The van der Waals surface area contributed by atoms with E-state index in [9.17, 15) is 13.2 Å². The molecule has 0 aliphatic rings. The molecule has 0 bridgehead atoms. The summed E-state index contributed by atoms with van der Waals surface area (Å²) in [5, 5.41) is 3.30. The van der Waals surface area contributed by atoms with Crippen LogP contribution in [0.25, 0.3) is 17.1 Å². The van der Waals surface area contributed by atoms with Gasteiger partial charge in [0.05, 0.1) is 30.4 Å². The number of aromatic nitrogens is 4. The van der Waals surface area contributed by atoms with Crippen LogP contribution < -0.4 is 10.5 Å². The summed E-state index contributed by atoms with van der Waals surface area (Å²) < 4.78 is 30.1. The maximum absolute atomic E-state index is 12.7. The minimum Gasteiger partial charge on any atom is -0.481 e. The summed E-state index contributed by atoms with van der Waals surface area (Å²) in [6.07, 6.45) is 4.05. The third-order valence-corrected chi connectivity index (χ3v) is 5.96. The van der Waals surface area contributed by atoms with E-state index in [4.69, 9.17) is 10.5 Å². The summed E-state index contributed by atoms with van der Waals surface area (Å²) in [6.45, 7) is 2.40. The molecule has 1 atom stereocenters. The van der Waals surface area contributed by atoms with Crippen LogP contribution in [0, 0.1) is 0 Å². The highest BCUT2D eigenvalue weighted by molar-refractivity contribution is 7.90. The van der Waals surface area contributed by atoms with E-state index in [-0.39, 0.29) is 11.6 Å². The molecule has 3 aromatic heterocycles. The fraction of sp³-hybridized carbons (Fsp3) is 0.300. The number of pyridine rings is 2. The summed E-state index contributed by atoms with van der Waals surface area (Å²) in [7, 11) is -0.252. The van der Waals surface area contributed by atoms with E-state index in [0.717, 1.165) is 6.26 Å². The van der Waals surface area contributed by atoms with E-state index in [1.54, 1.807) is 53.2 Å². The lowest BCUT2D eigenvalue weighted by Gasteiger charge is -2.12. The Hall–Kier alpha value is -3.31. The molecule has 0 aromatic carbocycles. The number of ether oxygens (including phenoxy) is 1. The average Bonchev–Trinajstić information content (AvgIpc) is 3.22. The van der Waals surface area contributed by atoms with Crippen molar-refractivity contribution in [3.63, 3.8) is 0 Å². The molecule has 0 fully saturated rings. The van der Waals surface area contributed by atoms with Gasteiger partial charge in [0.15, 0.2) is 15.5 Å². The average molecular weight is 445 g/mol. The first-order chi connectivity index (χ1) is 14.7. The molecule has 0 aliphatic heterocycles. The fourth-order valence-electron chi connectivity index (χ4n) is 2.79. The predicted octanol–water partition coefficient (Wildman–Crippen LogP) is 1.43. The highest BCUT2D eigenvalue weighted by Crippen LogP contribution is 2.25. The number of amides is 1. The molecule has 31 heavy (non-hydrogen) atoms. The van der Waals surface area contributed by atoms with Crippen molar-refractivity contribution in [3.8, 4) is 23.0 Å². The number of nitrogens with zero attached hydrogens (tertiary/aromatic N) is 5. The van der Waals surface area contributed by atoms with E-state index in [0.29, 0.717) is 35.1 Å². The monoisotopic (exact) mass is 444 g/mol. The van der Waals surface area contributed by atoms with Crippen LogP contribution >= 0.6 is 0 Å². The molecule has 3 heterocycles. The molecule has 11 heteroatoms. The van der Waals surface area contributed by atoms with Gasteiger partial charge in [0.25, 0.3) is 5.91 Å². The molecule has 0 saturated carbocycles. The molecule has 0 radical (unpaired) electrons. The Morgan fingerprint density at radius 3 is 2.48 bits per heavy atom. The smallest absolute Gasteiger partial charge is 0.274 e. The molecule has 0 spiro atoms. The molecule has 3 rings (SSSR count). The lowest BCUT2D eigenvalue weighted by atomic mass is 10.2. The number of carbonyl (C=O) groups excluding carboxylic acids is 1. The van der Waals surface area contributed by atoms with E-state index in [1.807, 2.05) is 6.92 Å². The third kappa shape index (κ3) is 4.72. The topological polar surface area (TPSA) is 133 Å². The molecule has 2 N–H and O–H groups in total. The molecule has 1 amide bonds. The van der Waals surface area contributed by atoms with Crippen LogP contribution in [0.3, 0.4) is 0 Å². The Kier molecular flexibility index (Phi) is 6.37. The van der Waals surface area contributed by atoms with E-state index < -0.39 is 15.2 Å². The van der Waals surface area contributed by atoms with Gasteiger partial charge in [-0.15, -0.1) is 0 Å². The second kappa shape index (κ2) is 8.82. The van der Waals surface area contributed by atoms with Crippen LogP contribution in [0.4, 0.5) is 0 Å². The summed E-state index contributed by atoms with van der Waals surface area (Å²) in [4.78, 5) is 22.8. The number of hydrogen-bond acceptors (Lipinski definition) is 8. The van der Waals surface area contributed by atoms with Crippen molar-refractivity contribution in [2.75, 3.05) is 27.0 Å². The molecule has 164 valence electrons. The van der Waals surface area contributed by atoms with Crippen LogP contribution in [0.2, 0.25) is 0 Å². The van der Waals surface area contributed by atoms with E-state index >= 15 is 0 Å². The van der Waals surface area contributed by atoms with Crippen LogP contribution in [0.1, 0.15) is 28.3 Å². The third-order valence-electron chi connectivity index (χ3n) is 4.76. The number of nitrogens with two attached hydrogens (primary N) is 1. The zero-order chi connectivity index (χ0) is 22.8. The minimum atomic E-state index is -3.46. The first kappa shape index (κ1) is 22.4. The van der Waals surface area contributed by atoms with Crippen LogP contribution in [-0.4, -0.2) is 65.9 Å². The van der Waals surface area contributed by atoms with Gasteiger partial charge in [0.1, 0.15) is 5.37 Å². The fourth-order valence-corrected chi connectivity index (χ4v) is 3.43. The lowest BCUT2D eigenvalue weighted by Crippen LogP contribution is -2.26. The number of sulfone groups is 1.